The monoisotopic (exact) mass is 432 g/mol. The average molecular weight is 432 g/mol. The molecule has 2 aliphatic rings. The van der Waals surface area contributed by atoms with Crippen LogP contribution < -0.4 is 20.1 Å². The van der Waals surface area contributed by atoms with Crippen molar-refractivity contribution in [2.45, 2.75) is 32.0 Å². The first kappa shape index (κ1) is 20.8. The van der Waals surface area contributed by atoms with E-state index in [0.717, 1.165) is 12.1 Å². The molecule has 2 aromatic carbocycles. The lowest BCUT2D eigenvalue weighted by atomic mass is 9.99. The molecule has 162 valence electrons. The smallest absolute Gasteiger partial charge is 0.416 e. The van der Waals surface area contributed by atoms with Gasteiger partial charge < -0.3 is 20.1 Å². The Morgan fingerprint density at radius 1 is 1.19 bits per heavy atom. The highest BCUT2D eigenvalue weighted by molar-refractivity contribution is 6.05. The van der Waals surface area contributed by atoms with Crippen molar-refractivity contribution in [3.05, 3.63) is 53.6 Å². The minimum atomic E-state index is -4.48. The third-order valence-corrected chi connectivity index (χ3v) is 4.99. The molecule has 2 amide bonds. The fraction of sp³-hybridized carbons (Fsp3) is 0.273. The quantitative estimate of drug-likeness (QED) is 0.679. The molecule has 0 aliphatic carbocycles. The van der Waals surface area contributed by atoms with Gasteiger partial charge in [-0.2, -0.15) is 13.2 Å². The number of halogens is 3. The van der Waals surface area contributed by atoms with E-state index in [9.17, 15) is 22.8 Å². The molecule has 2 N–H and O–H groups in total. The molecule has 9 heteroatoms. The molecule has 0 saturated heterocycles. The number of fused-ring (bicyclic) bond motifs is 2. The van der Waals surface area contributed by atoms with Crippen LogP contribution in [0.5, 0.6) is 11.5 Å². The molecule has 6 nitrogen and oxygen atoms in total. The predicted octanol–water partition coefficient (Wildman–Crippen LogP) is 4.62. The summed E-state index contributed by atoms with van der Waals surface area (Å²) < 4.78 is 50.0. The molecule has 0 saturated carbocycles. The van der Waals surface area contributed by atoms with E-state index in [2.05, 4.69) is 10.6 Å². The van der Waals surface area contributed by atoms with Crippen molar-refractivity contribution in [3.63, 3.8) is 0 Å². The molecule has 2 heterocycles. The summed E-state index contributed by atoms with van der Waals surface area (Å²) in [6.07, 6.45) is -2.67. The number of amides is 2. The Labute approximate surface area is 176 Å². The number of carbonyl (C=O) groups is 2. The lowest BCUT2D eigenvalue weighted by Crippen LogP contribution is -2.34. The van der Waals surface area contributed by atoms with Gasteiger partial charge in [0.1, 0.15) is 11.5 Å². The Bertz CT molecular complexity index is 1080. The number of hydrogen-bond acceptors (Lipinski definition) is 4. The zero-order valence-corrected chi connectivity index (χ0v) is 16.5. The molecular weight excluding hydrogens is 413 g/mol. The van der Waals surface area contributed by atoms with Gasteiger partial charge in [0.15, 0.2) is 6.10 Å². The van der Waals surface area contributed by atoms with Crippen molar-refractivity contribution >= 4 is 28.8 Å². The van der Waals surface area contributed by atoms with E-state index in [1.165, 1.54) is 12.1 Å². The summed E-state index contributed by atoms with van der Waals surface area (Å²) in [7, 11) is 0. The largest absolute Gasteiger partial charge is 0.493 e. The minimum absolute atomic E-state index is 0.106. The summed E-state index contributed by atoms with van der Waals surface area (Å²) in [6.45, 7) is 1.89. The molecule has 0 spiro atoms. The zero-order chi connectivity index (χ0) is 22.2. The summed E-state index contributed by atoms with van der Waals surface area (Å²) in [5.74, 6) is -0.126. The van der Waals surface area contributed by atoms with E-state index in [-0.39, 0.29) is 18.3 Å². The average Bonchev–Trinajstić information content (AvgIpc) is 2.90. The molecule has 31 heavy (non-hydrogen) atoms. The number of allylic oxidation sites excluding steroid dienone is 1. The third kappa shape index (κ3) is 4.50. The molecule has 4 rings (SSSR count). The Hall–Kier alpha value is -3.49. The summed E-state index contributed by atoms with van der Waals surface area (Å²) in [6, 6.07) is 8.12. The second-order valence-corrected chi connectivity index (χ2v) is 7.28. The summed E-state index contributed by atoms with van der Waals surface area (Å²) >= 11 is 0. The van der Waals surface area contributed by atoms with E-state index >= 15 is 0 Å². The van der Waals surface area contributed by atoms with Gasteiger partial charge in [0.05, 0.1) is 17.9 Å². The standard InChI is InChI=1S/C22H19F3N2O4/c1-12-21(29)27-17-11-15(5-7-18(17)31-12)26-20(28)9-13-3-2-8-30-19-10-14(22(23,24)25)4-6-16(13)19/h4-7,9-12H,2-3,8H2,1H3,(H,26,28)(H,27,29)/b13-9+. The summed E-state index contributed by atoms with van der Waals surface area (Å²) in [5, 5.41) is 5.41. The normalized spacial score (nSPS) is 19.3. The van der Waals surface area contributed by atoms with Gasteiger partial charge in [-0.15, -0.1) is 0 Å². The first-order chi connectivity index (χ1) is 14.7. The SMILES string of the molecule is CC1Oc2ccc(NC(=O)/C=C3\CCCOc4cc(C(F)(F)F)ccc43)cc2NC1=O. The molecule has 2 aromatic rings. The van der Waals surface area contributed by atoms with Crippen LogP contribution in [0.25, 0.3) is 5.57 Å². The number of nitrogens with one attached hydrogen (secondary N) is 2. The van der Waals surface area contributed by atoms with E-state index in [1.807, 2.05) is 0 Å². The van der Waals surface area contributed by atoms with E-state index < -0.39 is 23.8 Å². The van der Waals surface area contributed by atoms with Crippen LogP contribution in [0.4, 0.5) is 24.5 Å². The number of benzene rings is 2. The van der Waals surface area contributed by atoms with Gasteiger partial charge in [0.2, 0.25) is 5.91 Å². The van der Waals surface area contributed by atoms with Crippen LogP contribution in [0, 0.1) is 0 Å². The zero-order valence-electron chi connectivity index (χ0n) is 16.5. The molecule has 0 bridgehead atoms. The highest BCUT2D eigenvalue weighted by Gasteiger charge is 2.32. The Morgan fingerprint density at radius 3 is 2.77 bits per heavy atom. The number of anilines is 2. The number of hydrogen-bond donors (Lipinski definition) is 2. The maximum absolute atomic E-state index is 13.0. The van der Waals surface area contributed by atoms with Crippen molar-refractivity contribution < 1.29 is 32.2 Å². The topological polar surface area (TPSA) is 76.7 Å². The maximum Gasteiger partial charge on any atom is 0.416 e. The molecule has 1 unspecified atom stereocenters. The molecular formula is C22H19F3N2O4. The van der Waals surface area contributed by atoms with Crippen LogP contribution >= 0.6 is 0 Å². The second kappa shape index (κ2) is 7.98. The summed E-state index contributed by atoms with van der Waals surface area (Å²) in [4.78, 5) is 24.4. The first-order valence-corrected chi connectivity index (χ1v) is 9.68. The van der Waals surface area contributed by atoms with Gasteiger partial charge in [-0.3, -0.25) is 9.59 Å². The number of alkyl halides is 3. The summed E-state index contributed by atoms with van der Waals surface area (Å²) in [5.41, 5.74) is 1.13. The van der Waals surface area contributed by atoms with Gasteiger partial charge >= 0.3 is 6.18 Å². The van der Waals surface area contributed by atoms with Crippen LogP contribution in [-0.4, -0.2) is 24.5 Å². The highest BCUT2D eigenvalue weighted by atomic mass is 19.4. The highest BCUT2D eigenvalue weighted by Crippen LogP contribution is 2.38. The molecule has 1 atom stereocenters. The van der Waals surface area contributed by atoms with Gasteiger partial charge in [0.25, 0.3) is 5.91 Å². The lowest BCUT2D eigenvalue weighted by Gasteiger charge is -2.23. The Kier molecular flexibility index (Phi) is 5.34. The van der Waals surface area contributed by atoms with E-state index in [4.69, 9.17) is 9.47 Å². The second-order valence-electron chi connectivity index (χ2n) is 7.28. The van der Waals surface area contributed by atoms with Crippen LogP contribution in [0.15, 0.2) is 42.5 Å². The predicted molar refractivity (Wildman–Crippen MR) is 108 cm³/mol. The van der Waals surface area contributed by atoms with Crippen molar-refractivity contribution in [3.8, 4) is 11.5 Å². The lowest BCUT2D eigenvalue weighted by molar-refractivity contribution is -0.137. The van der Waals surface area contributed by atoms with Crippen LogP contribution in [0.1, 0.15) is 30.9 Å². The Balaban J connectivity index is 1.56. The fourth-order valence-electron chi connectivity index (χ4n) is 3.44. The van der Waals surface area contributed by atoms with Gasteiger partial charge in [-0.05, 0) is 55.7 Å². The molecule has 0 radical (unpaired) electrons. The fourth-order valence-corrected chi connectivity index (χ4v) is 3.44. The van der Waals surface area contributed by atoms with Gasteiger partial charge in [-0.1, -0.05) is 6.07 Å². The van der Waals surface area contributed by atoms with Gasteiger partial charge in [-0.25, -0.2) is 0 Å². The Morgan fingerprint density at radius 2 is 2.00 bits per heavy atom. The van der Waals surface area contributed by atoms with Crippen LogP contribution in [0.2, 0.25) is 0 Å². The van der Waals surface area contributed by atoms with Crippen molar-refractivity contribution in [1.29, 1.82) is 0 Å². The van der Waals surface area contributed by atoms with Crippen LogP contribution in [0.3, 0.4) is 0 Å². The van der Waals surface area contributed by atoms with Crippen molar-refractivity contribution in [1.82, 2.24) is 0 Å². The van der Waals surface area contributed by atoms with Crippen molar-refractivity contribution in [2.24, 2.45) is 0 Å². The molecule has 2 aliphatic heterocycles. The third-order valence-electron chi connectivity index (χ3n) is 4.99. The van der Waals surface area contributed by atoms with E-state index in [1.54, 1.807) is 25.1 Å². The van der Waals surface area contributed by atoms with Crippen molar-refractivity contribution in [2.75, 3.05) is 17.2 Å². The molecule has 0 fully saturated rings. The number of rotatable bonds is 2. The molecule has 0 aromatic heterocycles. The van der Waals surface area contributed by atoms with Crippen LogP contribution in [-0.2, 0) is 15.8 Å². The van der Waals surface area contributed by atoms with E-state index in [0.29, 0.717) is 41.1 Å². The maximum atomic E-state index is 13.0. The number of carbonyl (C=O) groups excluding carboxylic acids is 2. The van der Waals surface area contributed by atoms with Gasteiger partial charge in [0, 0.05) is 17.3 Å². The number of ether oxygens (including phenoxy) is 2. The first-order valence-electron chi connectivity index (χ1n) is 9.68. The minimum Gasteiger partial charge on any atom is -0.493 e.